The average Bonchev–Trinajstić information content (AvgIpc) is 3.12. The van der Waals surface area contributed by atoms with Crippen LogP contribution in [0.15, 0.2) is 57.3 Å². The van der Waals surface area contributed by atoms with Gasteiger partial charge in [-0.05, 0) is 62.0 Å². The molecule has 7 heteroatoms. The molecule has 1 aromatic carbocycles. The fourth-order valence-corrected chi connectivity index (χ4v) is 3.12. The summed E-state index contributed by atoms with van der Waals surface area (Å²) in [5, 5.41) is 18.2. The Morgan fingerprint density at radius 1 is 1.12 bits per heavy atom. The summed E-state index contributed by atoms with van der Waals surface area (Å²) in [5.41, 5.74) is 2.50. The van der Waals surface area contributed by atoms with Crippen LogP contribution in [-0.2, 0) is 0 Å². The third-order valence-corrected chi connectivity index (χ3v) is 4.58. The Morgan fingerprint density at radius 2 is 1.88 bits per heavy atom. The van der Waals surface area contributed by atoms with Crippen molar-refractivity contribution in [3.63, 3.8) is 0 Å². The van der Waals surface area contributed by atoms with Crippen molar-refractivity contribution in [2.75, 3.05) is 18.0 Å². The number of anilines is 1. The van der Waals surface area contributed by atoms with Crippen molar-refractivity contribution < 1.29 is 4.42 Å². The van der Waals surface area contributed by atoms with Crippen molar-refractivity contribution in [3.05, 3.63) is 48.2 Å². The van der Waals surface area contributed by atoms with Gasteiger partial charge in [0.05, 0.1) is 5.56 Å². The number of aromatic nitrogens is 3. The molecule has 0 unspecified atom stereocenters. The first-order chi connectivity index (χ1) is 12.2. The quantitative estimate of drug-likeness (QED) is 0.664. The highest BCUT2D eigenvalue weighted by atomic mass is 32.2. The third kappa shape index (κ3) is 3.80. The first kappa shape index (κ1) is 17.0. The monoisotopic (exact) mass is 351 g/mol. The molecular formula is C18H17N5OS. The minimum atomic E-state index is 0.359. The second-order valence-corrected chi connectivity index (χ2v) is 6.10. The second-order valence-electron chi connectivity index (χ2n) is 5.16. The van der Waals surface area contributed by atoms with Crippen LogP contribution in [0.4, 0.5) is 5.69 Å². The molecule has 2 heterocycles. The first-order valence-electron chi connectivity index (χ1n) is 7.97. The molecule has 25 heavy (non-hydrogen) atoms. The van der Waals surface area contributed by atoms with E-state index >= 15 is 0 Å². The molecule has 0 N–H and O–H groups in total. The van der Waals surface area contributed by atoms with E-state index in [1.807, 2.05) is 24.3 Å². The van der Waals surface area contributed by atoms with Crippen molar-refractivity contribution in [1.29, 1.82) is 5.26 Å². The number of rotatable bonds is 6. The predicted molar refractivity (Wildman–Crippen MR) is 96.4 cm³/mol. The van der Waals surface area contributed by atoms with Crippen molar-refractivity contribution in [2.24, 2.45) is 0 Å². The van der Waals surface area contributed by atoms with E-state index in [-0.39, 0.29) is 0 Å². The molecule has 0 saturated carbocycles. The van der Waals surface area contributed by atoms with Gasteiger partial charge in [-0.3, -0.25) is 0 Å². The van der Waals surface area contributed by atoms with Gasteiger partial charge in [0, 0.05) is 30.5 Å². The van der Waals surface area contributed by atoms with E-state index in [0.717, 1.165) is 24.3 Å². The summed E-state index contributed by atoms with van der Waals surface area (Å²) >= 11 is 1.19. The number of hydrogen-bond acceptors (Lipinski definition) is 7. The molecule has 0 radical (unpaired) electrons. The lowest BCUT2D eigenvalue weighted by atomic mass is 10.2. The van der Waals surface area contributed by atoms with Gasteiger partial charge in [-0.2, -0.15) is 5.26 Å². The number of pyridine rings is 1. The predicted octanol–water partition coefficient (Wildman–Crippen LogP) is 4.00. The Labute approximate surface area is 150 Å². The number of nitriles is 1. The summed E-state index contributed by atoms with van der Waals surface area (Å²) in [7, 11) is 0. The minimum Gasteiger partial charge on any atom is -0.411 e. The van der Waals surface area contributed by atoms with Gasteiger partial charge in [-0.15, -0.1) is 10.2 Å². The zero-order valence-electron chi connectivity index (χ0n) is 14.0. The van der Waals surface area contributed by atoms with Crippen LogP contribution >= 0.6 is 11.8 Å². The fraction of sp³-hybridized carbons (Fsp3) is 0.222. The highest BCUT2D eigenvalue weighted by Gasteiger charge is 2.13. The maximum Gasteiger partial charge on any atom is 0.283 e. The Bertz CT molecular complexity index is 881. The van der Waals surface area contributed by atoms with E-state index in [4.69, 9.17) is 9.68 Å². The standard InChI is InChI=1S/C18H17N5OS/c1-3-23(4-2)15-9-7-13(8-10-15)16-21-22-18(24-16)25-17-14(12-19)6-5-11-20-17/h5-11H,3-4H2,1-2H3. The fourth-order valence-electron chi connectivity index (χ4n) is 2.41. The van der Waals surface area contributed by atoms with Gasteiger partial charge in [0.15, 0.2) is 0 Å². The summed E-state index contributed by atoms with van der Waals surface area (Å²) in [6, 6.07) is 13.6. The molecule has 0 atom stereocenters. The van der Waals surface area contributed by atoms with Crippen LogP contribution in [0.25, 0.3) is 11.5 Å². The van der Waals surface area contributed by atoms with Crippen LogP contribution in [0.2, 0.25) is 0 Å². The van der Waals surface area contributed by atoms with Crippen LogP contribution in [0.1, 0.15) is 19.4 Å². The Hall–Kier alpha value is -2.85. The molecule has 0 aliphatic carbocycles. The highest BCUT2D eigenvalue weighted by Crippen LogP contribution is 2.30. The van der Waals surface area contributed by atoms with Crippen LogP contribution < -0.4 is 4.90 Å². The lowest BCUT2D eigenvalue weighted by Gasteiger charge is -2.20. The Balaban J connectivity index is 1.78. The summed E-state index contributed by atoms with van der Waals surface area (Å²) in [4.78, 5) is 6.45. The van der Waals surface area contributed by atoms with E-state index in [2.05, 4.69) is 40.0 Å². The maximum absolute atomic E-state index is 9.12. The molecule has 6 nitrogen and oxygen atoms in total. The summed E-state index contributed by atoms with van der Waals surface area (Å²) in [6.07, 6.45) is 1.63. The van der Waals surface area contributed by atoms with Gasteiger partial charge in [0.1, 0.15) is 11.1 Å². The summed E-state index contributed by atoms with van der Waals surface area (Å²) < 4.78 is 5.70. The van der Waals surface area contributed by atoms with E-state index in [0.29, 0.717) is 21.7 Å². The van der Waals surface area contributed by atoms with Gasteiger partial charge >= 0.3 is 0 Å². The van der Waals surface area contributed by atoms with E-state index in [1.165, 1.54) is 11.8 Å². The molecule has 0 spiro atoms. The van der Waals surface area contributed by atoms with E-state index in [1.54, 1.807) is 18.3 Å². The first-order valence-corrected chi connectivity index (χ1v) is 8.78. The van der Waals surface area contributed by atoms with Crippen molar-refractivity contribution in [1.82, 2.24) is 15.2 Å². The third-order valence-electron chi connectivity index (χ3n) is 3.72. The highest BCUT2D eigenvalue weighted by molar-refractivity contribution is 7.99. The van der Waals surface area contributed by atoms with E-state index < -0.39 is 0 Å². The molecular weight excluding hydrogens is 334 g/mol. The molecule has 2 aromatic heterocycles. The van der Waals surface area contributed by atoms with Gasteiger partial charge in [-0.25, -0.2) is 4.98 Å². The lowest BCUT2D eigenvalue weighted by molar-refractivity contribution is 0.465. The Morgan fingerprint density at radius 3 is 2.56 bits per heavy atom. The van der Waals surface area contributed by atoms with E-state index in [9.17, 15) is 0 Å². The molecule has 0 bridgehead atoms. The molecule has 0 fully saturated rings. The molecule has 3 aromatic rings. The molecule has 0 aliphatic rings. The van der Waals surface area contributed by atoms with Gasteiger partial charge in [-0.1, -0.05) is 0 Å². The largest absolute Gasteiger partial charge is 0.411 e. The zero-order chi connectivity index (χ0) is 17.6. The SMILES string of the molecule is CCN(CC)c1ccc(-c2nnc(Sc3ncccc3C#N)o2)cc1. The minimum absolute atomic E-state index is 0.359. The van der Waals surface area contributed by atoms with Crippen LogP contribution in [-0.4, -0.2) is 28.3 Å². The molecule has 0 aliphatic heterocycles. The Kier molecular flexibility index (Phi) is 5.31. The van der Waals surface area contributed by atoms with Crippen molar-refractivity contribution in [3.8, 4) is 17.5 Å². The molecule has 3 rings (SSSR count). The lowest BCUT2D eigenvalue weighted by Crippen LogP contribution is -2.21. The molecule has 0 amide bonds. The summed E-state index contributed by atoms with van der Waals surface area (Å²) in [5.74, 6) is 0.447. The molecule has 126 valence electrons. The second kappa shape index (κ2) is 7.81. The molecule has 0 saturated heterocycles. The zero-order valence-corrected chi connectivity index (χ0v) is 14.8. The normalized spacial score (nSPS) is 10.4. The van der Waals surface area contributed by atoms with Gasteiger partial charge < -0.3 is 9.32 Å². The van der Waals surface area contributed by atoms with Gasteiger partial charge in [0.25, 0.3) is 5.22 Å². The smallest absolute Gasteiger partial charge is 0.283 e. The maximum atomic E-state index is 9.12. The number of nitrogens with zero attached hydrogens (tertiary/aromatic N) is 5. The summed E-state index contributed by atoms with van der Waals surface area (Å²) in [6.45, 7) is 6.18. The van der Waals surface area contributed by atoms with Crippen LogP contribution in [0, 0.1) is 11.3 Å². The van der Waals surface area contributed by atoms with Crippen LogP contribution in [0.5, 0.6) is 0 Å². The number of hydrogen-bond donors (Lipinski definition) is 0. The van der Waals surface area contributed by atoms with Gasteiger partial charge in [0.2, 0.25) is 5.89 Å². The van der Waals surface area contributed by atoms with Crippen molar-refractivity contribution in [2.45, 2.75) is 24.1 Å². The topological polar surface area (TPSA) is 78.8 Å². The average molecular weight is 351 g/mol. The van der Waals surface area contributed by atoms with Crippen molar-refractivity contribution >= 4 is 17.4 Å². The van der Waals surface area contributed by atoms with Crippen LogP contribution in [0.3, 0.4) is 0 Å². The number of benzene rings is 1.